The van der Waals surface area contributed by atoms with Crippen molar-refractivity contribution in [1.82, 2.24) is 0 Å². The van der Waals surface area contributed by atoms with Crippen molar-refractivity contribution in [1.29, 1.82) is 0 Å². The lowest BCUT2D eigenvalue weighted by Crippen LogP contribution is -2.30. The fraction of sp³-hybridized carbons (Fsp3) is 0.950. The molecule has 0 saturated heterocycles. The molecule has 4 unspecified atom stereocenters. The van der Waals surface area contributed by atoms with Gasteiger partial charge in [0.05, 0.1) is 26.4 Å². The first kappa shape index (κ1) is 97.1. The quantitative estimate of drug-likeness (QED) is 0.0222. The van der Waals surface area contributed by atoms with Gasteiger partial charge in [-0.05, 0) is 49.4 Å². The first-order valence-electron chi connectivity index (χ1n) is 41.2. The lowest BCUT2D eigenvalue weighted by atomic mass is 9.99. The number of phosphoric acid groups is 2. The van der Waals surface area contributed by atoms with E-state index in [2.05, 4.69) is 55.4 Å². The molecule has 0 aromatic rings. The monoisotopic (exact) mass is 1450 g/mol. The molecule has 99 heavy (non-hydrogen) atoms. The van der Waals surface area contributed by atoms with E-state index in [0.717, 1.165) is 114 Å². The summed E-state index contributed by atoms with van der Waals surface area (Å²) in [7, 11) is -9.92. The average molecular weight is 1450 g/mol. The number of rotatable bonds is 77. The minimum absolute atomic E-state index is 0.106. The molecule has 0 radical (unpaired) electrons. The van der Waals surface area contributed by atoms with Gasteiger partial charge in [-0.3, -0.25) is 37.3 Å². The number of ether oxygens (including phenoxy) is 4. The van der Waals surface area contributed by atoms with Crippen LogP contribution in [-0.4, -0.2) is 96.7 Å². The van der Waals surface area contributed by atoms with E-state index in [0.29, 0.717) is 31.6 Å². The van der Waals surface area contributed by atoms with Gasteiger partial charge in [-0.15, -0.1) is 0 Å². The molecule has 0 aliphatic rings. The summed E-state index contributed by atoms with van der Waals surface area (Å²) in [6.45, 7) is 14.3. The van der Waals surface area contributed by atoms with Crippen molar-refractivity contribution in [2.75, 3.05) is 39.6 Å². The van der Waals surface area contributed by atoms with Gasteiger partial charge in [0, 0.05) is 25.7 Å². The summed E-state index contributed by atoms with van der Waals surface area (Å²) in [5.41, 5.74) is 0. The van der Waals surface area contributed by atoms with Gasteiger partial charge in [-0.1, -0.05) is 357 Å². The Kier molecular flexibility index (Phi) is 67.8. The molecule has 0 aliphatic heterocycles. The molecule has 17 nitrogen and oxygen atoms in total. The Bertz CT molecular complexity index is 1940. The highest BCUT2D eigenvalue weighted by atomic mass is 31.2. The van der Waals surface area contributed by atoms with Gasteiger partial charge < -0.3 is 33.8 Å². The minimum Gasteiger partial charge on any atom is -0.462 e. The predicted molar refractivity (Wildman–Crippen MR) is 404 cm³/mol. The highest BCUT2D eigenvalue weighted by molar-refractivity contribution is 7.47. The molecule has 0 aromatic carbocycles. The van der Waals surface area contributed by atoms with Crippen LogP contribution in [0.5, 0.6) is 0 Å². The zero-order chi connectivity index (χ0) is 73.1. The molecule has 0 aliphatic carbocycles. The molecule has 0 spiro atoms. The number of hydrogen-bond donors (Lipinski definition) is 3. The second-order valence-corrected chi connectivity index (χ2v) is 33.4. The maximum atomic E-state index is 13.1. The Balaban J connectivity index is 5.23. The van der Waals surface area contributed by atoms with Crippen LogP contribution in [0.3, 0.4) is 0 Å². The summed E-state index contributed by atoms with van der Waals surface area (Å²) in [6.07, 6.45) is 55.5. The summed E-state index contributed by atoms with van der Waals surface area (Å²) >= 11 is 0. The number of phosphoric ester groups is 2. The van der Waals surface area contributed by atoms with Crippen molar-refractivity contribution in [3.8, 4) is 0 Å². The van der Waals surface area contributed by atoms with Crippen LogP contribution in [0.2, 0.25) is 0 Å². The number of carbonyl (C=O) groups excluding carboxylic acids is 4. The first-order valence-corrected chi connectivity index (χ1v) is 44.2. The Morgan fingerprint density at radius 3 is 0.717 bits per heavy atom. The van der Waals surface area contributed by atoms with Crippen molar-refractivity contribution in [3.63, 3.8) is 0 Å². The van der Waals surface area contributed by atoms with Crippen molar-refractivity contribution in [3.05, 3.63) is 0 Å². The van der Waals surface area contributed by atoms with Crippen LogP contribution in [0.4, 0.5) is 0 Å². The molecule has 0 heterocycles. The zero-order valence-corrected chi connectivity index (χ0v) is 66.9. The van der Waals surface area contributed by atoms with E-state index in [4.69, 9.17) is 37.0 Å². The minimum atomic E-state index is -4.96. The molecule has 19 heteroatoms. The van der Waals surface area contributed by atoms with E-state index in [1.165, 1.54) is 205 Å². The fourth-order valence-electron chi connectivity index (χ4n) is 12.2. The van der Waals surface area contributed by atoms with Crippen LogP contribution in [0.1, 0.15) is 409 Å². The standard InChI is InChI=1S/C80H156O17P2/c1-9-73(8)59-51-43-35-27-20-16-13-14-18-22-30-38-47-55-63-80(85)97-76(67-91-78(83)61-53-45-39-31-34-42-50-58-72(6)7)69-95-99(88,89)93-65-74(81)64-92-98(86,87)94-68-75(66-90-77(82)60-52-44-36-28-24-23-26-33-41-49-57-71(4)5)96-79(84)62-54-46-37-29-21-17-12-10-11-15-19-25-32-40-48-56-70(2)3/h70-76,81H,9-69H2,1-8H3,(H,86,87)(H,88,89)/t73?,74?,75-,76-/m1/s1. The SMILES string of the molecule is CCC(C)CCCCCCCCCCCCCCCCC(=O)O[C@H](COC(=O)CCCCCCCCCC(C)C)COP(=O)(O)OCC(O)COP(=O)(O)OC[C@@H](COC(=O)CCCCCCCCCCCCC(C)C)OC(=O)CCCCCCCCCCCCCCCCCC(C)C. The average Bonchev–Trinajstić information content (AvgIpc) is 0.967. The molecule has 0 saturated carbocycles. The van der Waals surface area contributed by atoms with Crippen molar-refractivity contribution >= 4 is 39.5 Å². The lowest BCUT2D eigenvalue weighted by Gasteiger charge is -2.21. The lowest BCUT2D eigenvalue weighted by molar-refractivity contribution is -0.161. The smallest absolute Gasteiger partial charge is 0.462 e. The maximum Gasteiger partial charge on any atom is 0.472 e. The third kappa shape index (κ3) is 72.8. The summed E-state index contributed by atoms with van der Waals surface area (Å²) in [5, 5.41) is 10.6. The molecular weight excluding hydrogens is 1290 g/mol. The van der Waals surface area contributed by atoms with E-state index < -0.39 is 97.5 Å². The van der Waals surface area contributed by atoms with Crippen LogP contribution in [0.15, 0.2) is 0 Å². The fourth-order valence-corrected chi connectivity index (χ4v) is 13.8. The number of hydrogen-bond acceptors (Lipinski definition) is 15. The summed E-state index contributed by atoms with van der Waals surface area (Å²) in [4.78, 5) is 73.0. The number of aliphatic hydroxyl groups is 1. The van der Waals surface area contributed by atoms with Gasteiger partial charge in [0.15, 0.2) is 12.2 Å². The van der Waals surface area contributed by atoms with Crippen LogP contribution < -0.4 is 0 Å². The van der Waals surface area contributed by atoms with Crippen LogP contribution in [-0.2, 0) is 65.4 Å². The second kappa shape index (κ2) is 69.1. The largest absolute Gasteiger partial charge is 0.472 e. The highest BCUT2D eigenvalue weighted by Gasteiger charge is 2.30. The van der Waals surface area contributed by atoms with Gasteiger partial charge >= 0.3 is 39.5 Å². The zero-order valence-electron chi connectivity index (χ0n) is 65.1. The van der Waals surface area contributed by atoms with Crippen LogP contribution in [0.25, 0.3) is 0 Å². The van der Waals surface area contributed by atoms with E-state index >= 15 is 0 Å². The molecule has 6 atom stereocenters. The Morgan fingerprint density at radius 1 is 0.283 bits per heavy atom. The van der Waals surface area contributed by atoms with Gasteiger partial charge in [0.1, 0.15) is 19.3 Å². The van der Waals surface area contributed by atoms with Gasteiger partial charge in [-0.2, -0.15) is 0 Å². The number of esters is 4. The van der Waals surface area contributed by atoms with E-state index in [9.17, 15) is 43.2 Å². The second-order valence-electron chi connectivity index (χ2n) is 30.5. The van der Waals surface area contributed by atoms with Crippen molar-refractivity contribution in [2.24, 2.45) is 23.7 Å². The predicted octanol–water partition coefficient (Wildman–Crippen LogP) is 23.6. The van der Waals surface area contributed by atoms with Gasteiger partial charge in [0.2, 0.25) is 0 Å². The van der Waals surface area contributed by atoms with Crippen molar-refractivity contribution < 1.29 is 80.2 Å². The van der Waals surface area contributed by atoms with Crippen LogP contribution >= 0.6 is 15.6 Å². The number of unbranched alkanes of at least 4 members (excludes halogenated alkanes) is 42. The third-order valence-electron chi connectivity index (χ3n) is 18.9. The van der Waals surface area contributed by atoms with Crippen LogP contribution in [0, 0.1) is 23.7 Å². The molecule has 0 amide bonds. The normalized spacial score (nSPS) is 14.3. The Labute approximate surface area is 607 Å². The number of carbonyl (C=O) groups is 4. The van der Waals surface area contributed by atoms with E-state index in [-0.39, 0.29) is 25.7 Å². The third-order valence-corrected chi connectivity index (χ3v) is 20.8. The summed E-state index contributed by atoms with van der Waals surface area (Å²) in [5.74, 6) is 0.996. The molecular formula is C80H156O17P2. The maximum absolute atomic E-state index is 13.1. The molecule has 0 bridgehead atoms. The van der Waals surface area contributed by atoms with Gasteiger partial charge in [-0.25, -0.2) is 9.13 Å². The molecule has 0 fully saturated rings. The topological polar surface area (TPSA) is 237 Å². The molecule has 588 valence electrons. The number of aliphatic hydroxyl groups excluding tert-OH is 1. The Hall–Kier alpha value is -1.94. The van der Waals surface area contributed by atoms with E-state index in [1.807, 2.05) is 0 Å². The highest BCUT2D eigenvalue weighted by Crippen LogP contribution is 2.45. The molecule has 0 aromatic heterocycles. The Morgan fingerprint density at radius 2 is 0.485 bits per heavy atom. The van der Waals surface area contributed by atoms with E-state index in [1.54, 1.807) is 0 Å². The molecule has 3 N–H and O–H groups in total. The summed E-state index contributed by atoms with van der Waals surface area (Å²) < 4.78 is 68.7. The summed E-state index contributed by atoms with van der Waals surface area (Å²) in [6, 6.07) is 0. The van der Waals surface area contributed by atoms with Gasteiger partial charge in [0.25, 0.3) is 0 Å². The molecule has 0 rings (SSSR count). The first-order chi connectivity index (χ1) is 47.6. The van der Waals surface area contributed by atoms with Crippen molar-refractivity contribution in [2.45, 2.75) is 427 Å².